The SMILES string of the molecule is Clc1ccccc1CCn1ccnc1[C@@H]1CCCCO1. The molecule has 0 amide bonds. The molecule has 1 atom stereocenters. The number of hydrogen-bond acceptors (Lipinski definition) is 2. The maximum Gasteiger partial charge on any atom is 0.137 e. The van der Waals surface area contributed by atoms with Crippen LogP contribution in [0.1, 0.15) is 36.8 Å². The van der Waals surface area contributed by atoms with E-state index in [-0.39, 0.29) is 6.10 Å². The van der Waals surface area contributed by atoms with Crippen LogP contribution in [-0.4, -0.2) is 16.2 Å². The number of halogens is 1. The third kappa shape index (κ3) is 3.05. The molecule has 0 N–H and O–H groups in total. The van der Waals surface area contributed by atoms with Gasteiger partial charge in [0, 0.05) is 30.6 Å². The molecule has 2 heterocycles. The smallest absolute Gasteiger partial charge is 0.137 e. The first kappa shape index (κ1) is 13.7. The molecule has 0 aliphatic carbocycles. The summed E-state index contributed by atoms with van der Waals surface area (Å²) in [6.07, 6.45) is 8.42. The third-order valence-corrected chi connectivity index (χ3v) is 4.16. The second-order valence-electron chi connectivity index (χ2n) is 5.18. The molecule has 0 bridgehead atoms. The first-order valence-corrected chi connectivity index (χ1v) is 7.58. The number of ether oxygens (including phenoxy) is 1. The van der Waals surface area contributed by atoms with Crippen molar-refractivity contribution >= 4 is 11.6 Å². The highest BCUT2D eigenvalue weighted by molar-refractivity contribution is 6.31. The molecule has 3 rings (SSSR count). The Morgan fingerprint density at radius 3 is 3.00 bits per heavy atom. The van der Waals surface area contributed by atoms with E-state index in [9.17, 15) is 0 Å². The van der Waals surface area contributed by atoms with Crippen molar-refractivity contribution in [1.29, 1.82) is 0 Å². The van der Waals surface area contributed by atoms with E-state index >= 15 is 0 Å². The Morgan fingerprint density at radius 2 is 2.20 bits per heavy atom. The van der Waals surface area contributed by atoms with Gasteiger partial charge in [0.15, 0.2) is 0 Å². The van der Waals surface area contributed by atoms with Crippen LogP contribution in [0.5, 0.6) is 0 Å². The van der Waals surface area contributed by atoms with E-state index in [1.165, 1.54) is 12.0 Å². The number of hydrogen-bond donors (Lipinski definition) is 0. The van der Waals surface area contributed by atoms with Gasteiger partial charge in [-0.05, 0) is 37.3 Å². The third-order valence-electron chi connectivity index (χ3n) is 3.80. The molecule has 106 valence electrons. The number of rotatable bonds is 4. The lowest BCUT2D eigenvalue weighted by Gasteiger charge is -2.23. The average Bonchev–Trinajstić information content (AvgIpc) is 2.96. The Kier molecular flexibility index (Phi) is 4.38. The van der Waals surface area contributed by atoms with Gasteiger partial charge in [-0.15, -0.1) is 0 Å². The number of aryl methyl sites for hydroxylation is 2. The molecule has 1 aromatic carbocycles. The lowest BCUT2D eigenvalue weighted by Crippen LogP contribution is -2.17. The summed E-state index contributed by atoms with van der Waals surface area (Å²) in [5.41, 5.74) is 1.18. The molecule has 3 nitrogen and oxygen atoms in total. The summed E-state index contributed by atoms with van der Waals surface area (Å²) in [7, 11) is 0. The Morgan fingerprint density at radius 1 is 1.30 bits per heavy atom. The molecule has 1 aliphatic heterocycles. The number of benzene rings is 1. The van der Waals surface area contributed by atoms with E-state index in [4.69, 9.17) is 16.3 Å². The van der Waals surface area contributed by atoms with Crippen molar-refractivity contribution in [2.75, 3.05) is 6.61 Å². The van der Waals surface area contributed by atoms with Crippen LogP contribution in [-0.2, 0) is 17.7 Å². The van der Waals surface area contributed by atoms with Crippen LogP contribution in [0, 0.1) is 0 Å². The van der Waals surface area contributed by atoms with Gasteiger partial charge in [-0.2, -0.15) is 0 Å². The van der Waals surface area contributed by atoms with Crippen molar-refractivity contribution in [2.24, 2.45) is 0 Å². The highest BCUT2D eigenvalue weighted by Gasteiger charge is 2.20. The number of imidazole rings is 1. The highest BCUT2D eigenvalue weighted by atomic mass is 35.5. The lowest BCUT2D eigenvalue weighted by molar-refractivity contribution is 0.00735. The zero-order valence-corrected chi connectivity index (χ0v) is 12.2. The fourth-order valence-corrected chi connectivity index (χ4v) is 2.91. The Labute approximate surface area is 124 Å². The van der Waals surface area contributed by atoms with E-state index < -0.39 is 0 Å². The van der Waals surface area contributed by atoms with E-state index in [1.54, 1.807) is 0 Å². The van der Waals surface area contributed by atoms with E-state index in [0.29, 0.717) is 0 Å². The quantitative estimate of drug-likeness (QED) is 0.850. The first-order valence-electron chi connectivity index (χ1n) is 7.20. The van der Waals surface area contributed by atoms with Crippen molar-refractivity contribution in [3.63, 3.8) is 0 Å². The minimum atomic E-state index is 0.157. The Balaban J connectivity index is 1.69. The molecule has 1 fully saturated rings. The van der Waals surface area contributed by atoms with Gasteiger partial charge < -0.3 is 9.30 Å². The van der Waals surface area contributed by atoms with Gasteiger partial charge in [0.1, 0.15) is 11.9 Å². The Hall–Kier alpha value is -1.32. The molecule has 0 saturated carbocycles. The van der Waals surface area contributed by atoms with Gasteiger partial charge >= 0.3 is 0 Å². The zero-order valence-electron chi connectivity index (χ0n) is 11.5. The maximum atomic E-state index is 6.20. The molecule has 2 aromatic rings. The van der Waals surface area contributed by atoms with Crippen LogP contribution < -0.4 is 0 Å². The van der Waals surface area contributed by atoms with Crippen molar-refractivity contribution < 1.29 is 4.74 Å². The largest absolute Gasteiger partial charge is 0.370 e. The standard InChI is InChI=1S/C16H19ClN2O/c17-14-6-2-1-5-13(14)8-10-19-11-9-18-16(19)15-7-3-4-12-20-15/h1-2,5-6,9,11,15H,3-4,7-8,10,12H2/t15-/m0/s1. The van der Waals surface area contributed by atoms with Gasteiger partial charge in [-0.3, -0.25) is 0 Å². The zero-order chi connectivity index (χ0) is 13.8. The molecule has 1 aliphatic rings. The molecule has 4 heteroatoms. The van der Waals surface area contributed by atoms with Crippen LogP contribution in [0.3, 0.4) is 0 Å². The first-order chi connectivity index (χ1) is 9.84. The fourth-order valence-electron chi connectivity index (χ4n) is 2.68. The monoisotopic (exact) mass is 290 g/mol. The minimum Gasteiger partial charge on any atom is -0.370 e. The molecule has 1 aromatic heterocycles. The van der Waals surface area contributed by atoms with Crippen LogP contribution in [0.25, 0.3) is 0 Å². The summed E-state index contributed by atoms with van der Waals surface area (Å²) >= 11 is 6.20. The molecule has 0 radical (unpaired) electrons. The van der Waals surface area contributed by atoms with Crippen LogP contribution in [0.15, 0.2) is 36.7 Å². The summed E-state index contributed by atoms with van der Waals surface area (Å²) in [6.45, 7) is 1.74. The van der Waals surface area contributed by atoms with E-state index in [2.05, 4.69) is 15.6 Å². The Bertz CT molecular complexity index is 561. The molecular weight excluding hydrogens is 272 g/mol. The normalized spacial score (nSPS) is 19.1. The minimum absolute atomic E-state index is 0.157. The predicted molar refractivity (Wildman–Crippen MR) is 79.9 cm³/mol. The van der Waals surface area contributed by atoms with Gasteiger partial charge in [-0.1, -0.05) is 29.8 Å². The highest BCUT2D eigenvalue weighted by Crippen LogP contribution is 2.27. The summed E-state index contributed by atoms with van der Waals surface area (Å²) in [5, 5.41) is 0.836. The summed E-state index contributed by atoms with van der Waals surface area (Å²) in [5.74, 6) is 1.05. The molecule has 0 unspecified atom stereocenters. The topological polar surface area (TPSA) is 27.1 Å². The average molecular weight is 291 g/mol. The number of aromatic nitrogens is 2. The van der Waals surface area contributed by atoms with Gasteiger partial charge in [0.2, 0.25) is 0 Å². The van der Waals surface area contributed by atoms with E-state index in [0.717, 1.165) is 43.3 Å². The van der Waals surface area contributed by atoms with Crippen molar-refractivity contribution in [3.05, 3.63) is 53.1 Å². The summed E-state index contributed by atoms with van der Waals surface area (Å²) in [4.78, 5) is 4.48. The molecular formula is C16H19ClN2O. The molecule has 1 saturated heterocycles. The van der Waals surface area contributed by atoms with Crippen LogP contribution in [0.2, 0.25) is 5.02 Å². The predicted octanol–water partition coefficient (Wildman–Crippen LogP) is 4.02. The van der Waals surface area contributed by atoms with Crippen LogP contribution >= 0.6 is 11.6 Å². The number of nitrogens with zero attached hydrogens (tertiary/aromatic N) is 2. The van der Waals surface area contributed by atoms with Gasteiger partial charge in [0.25, 0.3) is 0 Å². The van der Waals surface area contributed by atoms with Crippen molar-refractivity contribution in [1.82, 2.24) is 9.55 Å². The molecule has 20 heavy (non-hydrogen) atoms. The van der Waals surface area contributed by atoms with Gasteiger partial charge in [-0.25, -0.2) is 4.98 Å². The summed E-state index contributed by atoms with van der Waals surface area (Å²) in [6, 6.07) is 8.01. The van der Waals surface area contributed by atoms with Crippen molar-refractivity contribution in [3.8, 4) is 0 Å². The van der Waals surface area contributed by atoms with Crippen LogP contribution in [0.4, 0.5) is 0 Å². The lowest BCUT2D eigenvalue weighted by atomic mass is 10.1. The fraction of sp³-hybridized carbons (Fsp3) is 0.438. The second-order valence-corrected chi connectivity index (χ2v) is 5.58. The molecule has 0 spiro atoms. The van der Waals surface area contributed by atoms with Gasteiger partial charge in [0.05, 0.1) is 0 Å². The summed E-state index contributed by atoms with van der Waals surface area (Å²) < 4.78 is 8.02. The maximum absolute atomic E-state index is 6.20. The van der Waals surface area contributed by atoms with E-state index in [1.807, 2.05) is 30.6 Å². The second kappa shape index (κ2) is 6.42. The van der Waals surface area contributed by atoms with Crippen molar-refractivity contribution in [2.45, 2.75) is 38.3 Å².